The SMILES string of the molecule is CC1(C)c2ccccc2-c2c1ccc1c3ccccc3n(-c3ccc4c(c3)sc3ccccc34)c21. The number of thiophene rings is 1. The minimum absolute atomic E-state index is 0.0170. The predicted molar refractivity (Wildman–Crippen MR) is 151 cm³/mol. The highest BCUT2D eigenvalue weighted by molar-refractivity contribution is 7.25. The van der Waals surface area contributed by atoms with E-state index in [1.54, 1.807) is 0 Å². The van der Waals surface area contributed by atoms with Crippen molar-refractivity contribution in [1.82, 2.24) is 4.57 Å². The van der Waals surface area contributed by atoms with Gasteiger partial charge in [0.05, 0.1) is 11.0 Å². The third kappa shape index (κ3) is 2.42. The molecule has 0 aliphatic heterocycles. The highest BCUT2D eigenvalue weighted by atomic mass is 32.1. The fraction of sp³-hybridized carbons (Fsp3) is 0.0909. The zero-order chi connectivity index (χ0) is 23.3. The Labute approximate surface area is 207 Å². The van der Waals surface area contributed by atoms with Gasteiger partial charge in [-0.25, -0.2) is 0 Å². The number of hydrogen-bond acceptors (Lipinski definition) is 1. The summed E-state index contributed by atoms with van der Waals surface area (Å²) in [6.45, 7) is 4.72. The van der Waals surface area contributed by atoms with Gasteiger partial charge in [-0.2, -0.15) is 0 Å². The van der Waals surface area contributed by atoms with E-state index >= 15 is 0 Å². The second-order valence-electron chi connectivity index (χ2n) is 10.2. The summed E-state index contributed by atoms with van der Waals surface area (Å²) in [4.78, 5) is 0. The lowest BCUT2D eigenvalue weighted by Crippen LogP contribution is -2.14. The van der Waals surface area contributed by atoms with Crippen molar-refractivity contribution >= 4 is 53.3 Å². The normalized spacial score (nSPS) is 14.2. The molecule has 7 aromatic rings. The van der Waals surface area contributed by atoms with Crippen molar-refractivity contribution in [2.45, 2.75) is 19.3 Å². The Kier molecular flexibility index (Phi) is 3.67. The Hall–Kier alpha value is -3.88. The summed E-state index contributed by atoms with van der Waals surface area (Å²) in [5.74, 6) is 0. The third-order valence-electron chi connectivity index (χ3n) is 8.00. The largest absolute Gasteiger partial charge is 0.309 e. The van der Waals surface area contributed by atoms with Gasteiger partial charge in [0.25, 0.3) is 0 Å². The highest BCUT2D eigenvalue weighted by Crippen LogP contribution is 2.52. The maximum Gasteiger partial charge on any atom is 0.0622 e. The van der Waals surface area contributed by atoms with Crippen LogP contribution in [0.3, 0.4) is 0 Å². The number of benzene rings is 5. The van der Waals surface area contributed by atoms with E-state index in [0.29, 0.717) is 0 Å². The Morgan fingerprint density at radius 3 is 2.23 bits per heavy atom. The van der Waals surface area contributed by atoms with E-state index in [9.17, 15) is 0 Å². The maximum absolute atomic E-state index is 2.51. The average Bonchev–Trinajstić information content (AvgIpc) is 3.50. The van der Waals surface area contributed by atoms with Gasteiger partial charge in [0.15, 0.2) is 0 Å². The molecule has 0 saturated carbocycles. The van der Waals surface area contributed by atoms with Gasteiger partial charge in [-0.15, -0.1) is 11.3 Å². The molecule has 0 saturated heterocycles. The van der Waals surface area contributed by atoms with E-state index in [1.165, 1.54) is 69.9 Å². The summed E-state index contributed by atoms with van der Waals surface area (Å²) in [7, 11) is 0. The van der Waals surface area contributed by atoms with Gasteiger partial charge < -0.3 is 4.57 Å². The van der Waals surface area contributed by atoms with E-state index in [0.717, 1.165) is 0 Å². The Morgan fingerprint density at radius 1 is 0.600 bits per heavy atom. The van der Waals surface area contributed by atoms with E-state index in [2.05, 4.69) is 122 Å². The van der Waals surface area contributed by atoms with Crippen molar-refractivity contribution in [3.8, 4) is 16.8 Å². The first-order valence-electron chi connectivity index (χ1n) is 12.2. The molecule has 0 amide bonds. The van der Waals surface area contributed by atoms with Gasteiger partial charge in [0.1, 0.15) is 0 Å². The molecule has 0 N–H and O–H groups in total. The van der Waals surface area contributed by atoms with Gasteiger partial charge >= 0.3 is 0 Å². The molecule has 1 aliphatic carbocycles. The summed E-state index contributed by atoms with van der Waals surface area (Å²) in [5.41, 5.74) is 9.38. The zero-order valence-electron chi connectivity index (χ0n) is 19.7. The van der Waals surface area contributed by atoms with Crippen LogP contribution in [0.4, 0.5) is 0 Å². The van der Waals surface area contributed by atoms with Gasteiger partial charge in [-0.3, -0.25) is 0 Å². The van der Waals surface area contributed by atoms with Crippen molar-refractivity contribution in [2.75, 3.05) is 0 Å². The molecule has 0 unspecified atom stereocenters. The summed E-state index contributed by atoms with van der Waals surface area (Å²) < 4.78 is 5.19. The average molecular weight is 466 g/mol. The number of rotatable bonds is 1. The molecule has 0 radical (unpaired) electrons. The smallest absolute Gasteiger partial charge is 0.0622 e. The minimum Gasteiger partial charge on any atom is -0.309 e. The van der Waals surface area contributed by atoms with Gasteiger partial charge in [0, 0.05) is 47.6 Å². The minimum atomic E-state index is -0.0170. The van der Waals surface area contributed by atoms with Crippen molar-refractivity contribution in [2.24, 2.45) is 0 Å². The first-order valence-corrected chi connectivity index (χ1v) is 13.0. The molecule has 0 fully saturated rings. The number of para-hydroxylation sites is 1. The lowest BCUT2D eigenvalue weighted by molar-refractivity contribution is 0.661. The van der Waals surface area contributed by atoms with E-state index in [1.807, 2.05) is 11.3 Å². The summed E-state index contributed by atoms with van der Waals surface area (Å²) in [6.07, 6.45) is 0. The molecule has 8 rings (SSSR count). The lowest BCUT2D eigenvalue weighted by atomic mass is 9.82. The quantitative estimate of drug-likeness (QED) is 0.227. The molecule has 2 heteroatoms. The summed E-state index contributed by atoms with van der Waals surface area (Å²) in [6, 6.07) is 38.3. The number of hydrogen-bond donors (Lipinski definition) is 0. The van der Waals surface area contributed by atoms with Crippen molar-refractivity contribution < 1.29 is 0 Å². The van der Waals surface area contributed by atoms with Crippen LogP contribution in [0, 0.1) is 0 Å². The van der Waals surface area contributed by atoms with Crippen LogP contribution in [0.5, 0.6) is 0 Å². The van der Waals surface area contributed by atoms with Crippen LogP contribution in [0.15, 0.2) is 103 Å². The zero-order valence-corrected chi connectivity index (χ0v) is 20.5. The monoisotopic (exact) mass is 465 g/mol. The van der Waals surface area contributed by atoms with Crippen molar-refractivity contribution in [3.05, 3.63) is 114 Å². The van der Waals surface area contributed by atoms with Crippen LogP contribution in [0.1, 0.15) is 25.0 Å². The number of aromatic nitrogens is 1. The molecular formula is C33H23NS. The van der Waals surface area contributed by atoms with E-state index in [-0.39, 0.29) is 5.41 Å². The van der Waals surface area contributed by atoms with Crippen LogP contribution in [0.2, 0.25) is 0 Å². The summed E-state index contributed by atoms with van der Waals surface area (Å²) >= 11 is 1.88. The van der Waals surface area contributed by atoms with Gasteiger partial charge in [-0.1, -0.05) is 92.7 Å². The van der Waals surface area contributed by atoms with E-state index < -0.39 is 0 Å². The topological polar surface area (TPSA) is 4.93 Å². The second-order valence-corrected chi connectivity index (χ2v) is 11.3. The molecule has 0 spiro atoms. The van der Waals surface area contributed by atoms with Crippen molar-refractivity contribution in [3.63, 3.8) is 0 Å². The molecule has 0 bridgehead atoms. The van der Waals surface area contributed by atoms with E-state index in [4.69, 9.17) is 0 Å². The molecule has 2 heterocycles. The Balaban J connectivity index is 1.54. The van der Waals surface area contributed by atoms with Crippen LogP contribution < -0.4 is 0 Å². The molecule has 0 atom stereocenters. The summed E-state index contributed by atoms with van der Waals surface area (Å²) in [5, 5.41) is 5.32. The molecule has 1 aliphatic rings. The number of fused-ring (bicyclic) bond motifs is 10. The van der Waals surface area contributed by atoms with Gasteiger partial charge in [0.2, 0.25) is 0 Å². The van der Waals surface area contributed by atoms with Crippen LogP contribution in [0.25, 0.3) is 58.8 Å². The molecule has 35 heavy (non-hydrogen) atoms. The maximum atomic E-state index is 2.51. The Bertz CT molecular complexity index is 1980. The lowest BCUT2D eigenvalue weighted by Gasteiger charge is -2.21. The highest BCUT2D eigenvalue weighted by Gasteiger charge is 2.37. The van der Waals surface area contributed by atoms with Crippen LogP contribution in [-0.4, -0.2) is 4.57 Å². The molecule has 2 aromatic heterocycles. The fourth-order valence-electron chi connectivity index (χ4n) is 6.36. The predicted octanol–water partition coefficient (Wildman–Crippen LogP) is 9.46. The first-order chi connectivity index (χ1) is 17.1. The molecular weight excluding hydrogens is 442 g/mol. The molecule has 1 nitrogen and oxygen atoms in total. The van der Waals surface area contributed by atoms with Gasteiger partial charge in [-0.05, 0) is 41.0 Å². The fourth-order valence-corrected chi connectivity index (χ4v) is 7.50. The first kappa shape index (κ1) is 19.4. The molecule has 166 valence electrons. The van der Waals surface area contributed by atoms with Crippen LogP contribution >= 0.6 is 11.3 Å². The van der Waals surface area contributed by atoms with Crippen LogP contribution in [-0.2, 0) is 5.41 Å². The second kappa shape index (κ2) is 6.62. The van der Waals surface area contributed by atoms with Crippen molar-refractivity contribution in [1.29, 1.82) is 0 Å². The Morgan fingerprint density at radius 2 is 1.31 bits per heavy atom. The number of nitrogens with zero attached hydrogens (tertiary/aromatic N) is 1. The standard InChI is InChI=1S/C33H23NS/c1-33(2)26-12-6-3-11-25(26)31-27(33)18-17-24-21-9-4-7-13-28(21)34(32(24)31)20-15-16-23-22-10-5-8-14-29(22)35-30(23)19-20/h3-19H,1-2H3. The molecule has 5 aromatic carbocycles. The third-order valence-corrected chi connectivity index (χ3v) is 9.13.